The Morgan fingerprint density at radius 1 is 0.808 bits per heavy atom. The molecule has 0 atom stereocenters. The lowest BCUT2D eigenvalue weighted by Gasteiger charge is -2.03. The summed E-state index contributed by atoms with van der Waals surface area (Å²) in [5.74, 6) is 0.939. The Hall–Kier alpha value is -3.66. The average molecular weight is 339 g/mol. The molecule has 0 radical (unpaired) electrons. The van der Waals surface area contributed by atoms with E-state index in [0.717, 1.165) is 28.3 Å². The molecule has 0 bridgehead atoms. The van der Waals surface area contributed by atoms with Gasteiger partial charge in [0.15, 0.2) is 5.82 Å². The Balaban J connectivity index is 1.78. The van der Waals surface area contributed by atoms with Gasteiger partial charge in [0.05, 0.1) is 11.4 Å². The number of benzene rings is 3. The Morgan fingerprint density at radius 3 is 2.27 bits per heavy atom. The minimum Gasteiger partial charge on any atom is -0.508 e. The van der Waals surface area contributed by atoms with Crippen LogP contribution in [0.2, 0.25) is 0 Å². The topological polar surface area (TPSA) is 50.4 Å². The number of nitrogens with zero attached hydrogens (tertiary/aromatic N) is 3. The van der Waals surface area contributed by atoms with Crippen LogP contribution in [0.4, 0.5) is 5.82 Å². The van der Waals surface area contributed by atoms with Gasteiger partial charge in [-0.1, -0.05) is 60.7 Å². The summed E-state index contributed by atoms with van der Waals surface area (Å²) in [6.07, 6.45) is 1.73. The average Bonchev–Trinajstić information content (AvgIpc) is 3.12. The second-order valence-electron chi connectivity index (χ2n) is 5.85. The molecule has 0 aliphatic rings. The lowest BCUT2D eigenvalue weighted by molar-refractivity contribution is 0.475. The molecule has 0 aliphatic carbocycles. The summed E-state index contributed by atoms with van der Waals surface area (Å²) in [5.41, 5.74) is 3.67. The number of aromatic nitrogens is 2. The van der Waals surface area contributed by atoms with E-state index < -0.39 is 0 Å². The molecule has 3 aromatic carbocycles. The Kier molecular flexibility index (Phi) is 4.31. The third-order valence-electron chi connectivity index (χ3n) is 3.98. The van der Waals surface area contributed by atoms with Crippen molar-refractivity contribution in [2.75, 3.05) is 0 Å². The van der Waals surface area contributed by atoms with Crippen molar-refractivity contribution in [3.8, 4) is 22.7 Å². The van der Waals surface area contributed by atoms with Crippen LogP contribution in [0, 0.1) is 0 Å². The highest BCUT2D eigenvalue weighted by atomic mass is 16.3. The summed E-state index contributed by atoms with van der Waals surface area (Å²) < 4.78 is 1.82. The number of hydrogen-bond donors (Lipinski definition) is 1. The molecule has 4 nitrogen and oxygen atoms in total. The molecule has 0 saturated heterocycles. The second-order valence-corrected chi connectivity index (χ2v) is 5.85. The van der Waals surface area contributed by atoms with Crippen molar-refractivity contribution in [2.24, 2.45) is 4.99 Å². The van der Waals surface area contributed by atoms with Crippen molar-refractivity contribution in [3.63, 3.8) is 0 Å². The first-order valence-electron chi connectivity index (χ1n) is 8.33. The van der Waals surface area contributed by atoms with E-state index in [1.54, 1.807) is 24.4 Å². The number of hydrogen-bond acceptors (Lipinski definition) is 3. The SMILES string of the molecule is Oc1cccc(C=Nc2cc(-c3ccccc3)nn2-c2ccccc2)c1. The molecule has 4 aromatic rings. The number of rotatable bonds is 4. The molecular formula is C22H17N3O. The first-order valence-corrected chi connectivity index (χ1v) is 8.33. The number of phenolic OH excluding ortho intramolecular Hbond substituents is 1. The normalized spacial score (nSPS) is 11.1. The molecular weight excluding hydrogens is 322 g/mol. The van der Waals surface area contributed by atoms with E-state index in [-0.39, 0.29) is 5.75 Å². The second kappa shape index (κ2) is 7.07. The minimum atomic E-state index is 0.218. The van der Waals surface area contributed by atoms with Gasteiger partial charge in [0.2, 0.25) is 0 Å². The summed E-state index contributed by atoms with van der Waals surface area (Å²) in [6, 6.07) is 28.9. The summed E-state index contributed by atoms with van der Waals surface area (Å²) in [4.78, 5) is 4.60. The van der Waals surface area contributed by atoms with Gasteiger partial charge in [-0.15, -0.1) is 0 Å². The quantitative estimate of drug-likeness (QED) is 0.532. The Morgan fingerprint density at radius 2 is 1.54 bits per heavy atom. The van der Waals surface area contributed by atoms with Crippen molar-refractivity contribution < 1.29 is 5.11 Å². The molecule has 0 unspecified atom stereocenters. The standard InChI is InChI=1S/C22H17N3O/c26-20-13-7-8-17(14-20)16-23-22-15-21(18-9-3-1-4-10-18)24-25(22)19-11-5-2-6-12-19/h1-16,26H. The van der Waals surface area contributed by atoms with E-state index in [2.05, 4.69) is 4.99 Å². The Labute approximate surface area is 151 Å². The highest BCUT2D eigenvalue weighted by molar-refractivity contribution is 5.82. The fraction of sp³-hybridized carbons (Fsp3) is 0. The zero-order valence-electron chi connectivity index (χ0n) is 14.0. The van der Waals surface area contributed by atoms with E-state index in [9.17, 15) is 5.11 Å². The number of para-hydroxylation sites is 1. The van der Waals surface area contributed by atoms with Gasteiger partial charge in [-0.3, -0.25) is 0 Å². The predicted octanol–water partition coefficient (Wildman–Crippen LogP) is 5.00. The van der Waals surface area contributed by atoms with Crippen molar-refractivity contribution in [1.29, 1.82) is 0 Å². The zero-order valence-corrected chi connectivity index (χ0v) is 14.0. The van der Waals surface area contributed by atoms with E-state index in [1.807, 2.05) is 77.5 Å². The van der Waals surface area contributed by atoms with Crippen LogP contribution in [-0.4, -0.2) is 21.1 Å². The van der Waals surface area contributed by atoms with Crippen LogP contribution in [0.5, 0.6) is 5.75 Å². The predicted molar refractivity (Wildman–Crippen MR) is 104 cm³/mol. The molecule has 4 rings (SSSR count). The van der Waals surface area contributed by atoms with Gasteiger partial charge in [0.1, 0.15) is 5.75 Å². The molecule has 0 spiro atoms. The van der Waals surface area contributed by atoms with Crippen LogP contribution >= 0.6 is 0 Å². The highest BCUT2D eigenvalue weighted by Crippen LogP contribution is 2.26. The highest BCUT2D eigenvalue weighted by Gasteiger charge is 2.10. The molecule has 0 amide bonds. The molecule has 1 heterocycles. The van der Waals surface area contributed by atoms with Crippen LogP contribution in [0.15, 0.2) is 96.0 Å². The minimum absolute atomic E-state index is 0.218. The largest absolute Gasteiger partial charge is 0.508 e. The number of aromatic hydroxyl groups is 1. The molecule has 1 N–H and O–H groups in total. The summed E-state index contributed by atoms with van der Waals surface area (Å²) >= 11 is 0. The number of phenols is 1. The number of aliphatic imine (C=N–C) groups is 1. The fourth-order valence-electron chi connectivity index (χ4n) is 2.72. The molecule has 1 aromatic heterocycles. The fourth-order valence-corrected chi connectivity index (χ4v) is 2.72. The molecule has 0 saturated carbocycles. The zero-order chi connectivity index (χ0) is 17.8. The van der Waals surface area contributed by atoms with Crippen LogP contribution in [0.1, 0.15) is 5.56 Å². The molecule has 126 valence electrons. The smallest absolute Gasteiger partial charge is 0.156 e. The molecule has 0 fully saturated rings. The van der Waals surface area contributed by atoms with Crippen LogP contribution in [-0.2, 0) is 0 Å². The lowest BCUT2D eigenvalue weighted by atomic mass is 10.2. The van der Waals surface area contributed by atoms with Gasteiger partial charge in [-0.05, 0) is 29.8 Å². The maximum absolute atomic E-state index is 9.62. The first-order chi connectivity index (χ1) is 12.8. The maximum atomic E-state index is 9.62. The van der Waals surface area contributed by atoms with Crippen molar-refractivity contribution >= 4 is 12.0 Å². The van der Waals surface area contributed by atoms with Crippen LogP contribution in [0.3, 0.4) is 0 Å². The third-order valence-corrected chi connectivity index (χ3v) is 3.98. The van der Waals surface area contributed by atoms with E-state index >= 15 is 0 Å². The summed E-state index contributed by atoms with van der Waals surface area (Å²) in [5, 5.41) is 14.4. The van der Waals surface area contributed by atoms with Gasteiger partial charge >= 0.3 is 0 Å². The summed E-state index contributed by atoms with van der Waals surface area (Å²) in [7, 11) is 0. The van der Waals surface area contributed by atoms with E-state index in [0.29, 0.717) is 0 Å². The molecule has 4 heteroatoms. The maximum Gasteiger partial charge on any atom is 0.156 e. The first kappa shape index (κ1) is 15.8. The van der Waals surface area contributed by atoms with Crippen molar-refractivity contribution in [1.82, 2.24) is 9.78 Å². The van der Waals surface area contributed by atoms with Crippen molar-refractivity contribution in [3.05, 3.63) is 96.6 Å². The summed E-state index contributed by atoms with van der Waals surface area (Å²) in [6.45, 7) is 0. The van der Waals surface area contributed by atoms with Gasteiger partial charge in [0, 0.05) is 17.8 Å². The van der Waals surface area contributed by atoms with Crippen molar-refractivity contribution in [2.45, 2.75) is 0 Å². The van der Waals surface area contributed by atoms with Gasteiger partial charge < -0.3 is 5.11 Å². The van der Waals surface area contributed by atoms with Gasteiger partial charge in [-0.25, -0.2) is 9.67 Å². The lowest BCUT2D eigenvalue weighted by Crippen LogP contribution is -1.96. The van der Waals surface area contributed by atoms with Gasteiger partial charge in [0.25, 0.3) is 0 Å². The molecule has 26 heavy (non-hydrogen) atoms. The molecule has 0 aliphatic heterocycles. The monoisotopic (exact) mass is 339 g/mol. The van der Waals surface area contributed by atoms with E-state index in [1.165, 1.54) is 0 Å². The van der Waals surface area contributed by atoms with Crippen LogP contribution < -0.4 is 0 Å². The van der Waals surface area contributed by atoms with Gasteiger partial charge in [-0.2, -0.15) is 5.10 Å². The Bertz CT molecular complexity index is 1040. The third kappa shape index (κ3) is 3.39. The van der Waals surface area contributed by atoms with Crippen LogP contribution in [0.25, 0.3) is 16.9 Å². The van der Waals surface area contributed by atoms with E-state index in [4.69, 9.17) is 5.10 Å².